The first-order valence-electron chi connectivity index (χ1n) is 11.8. The molecule has 34 heavy (non-hydrogen) atoms. The van der Waals surface area contributed by atoms with E-state index in [0.29, 0.717) is 29.2 Å². The number of pyridine rings is 1. The summed E-state index contributed by atoms with van der Waals surface area (Å²) in [7, 11) is 0. The minimum absolute atomic E-state index is 0.112. The van der Waals surface area contributed by atoms with Gasteiger partial charge < -0.3 is 25.6 Å². The highest BCUT2D eigenvalue weighted by Crippen LogP contribution is 2.42. The lowest BCUT2D eigenvalue weighted by atomic mass is 10.0. The van der Waals surface area contributed by atoms with Gasteiger partial charge in [0.25, 0.3) is 5.91 Å². The highest BCUT2D eigenvalue weighted by Gasteiger charge is 2.40. The molecular formula is C24H29N7O2S. The van der Waals surface area contributed by atoms with Crippen molar-refractivity contribution in [3.05, 3.63) is 29.5 Å². The van der Waals surface area contributed by atoms with Crippen LogP contribution in [0, 0.1) is 23.2 Å². The normalized spacial score (nSPS) is 23.0. The van der Waals surface area contributed by atoms with Gasteiger partial charge in [-0.1, -0.05) is 0 Å². The van der Waals surface area contributed by atoms with E-state index in [2.05, 4.69) is 36.6 Å². The first-order valence-corrected chi connectivity index (χ1v) is 12.6. The Morgan fingerprint density at radius 2 is 2.15 bits per heavy atom. The molecule has 0 spiro atoms. The second-order valence-corrected chi connectivity index (χ2v) is 10.4. The van der Waals surface area contributed by atoms with Gasteiger partial charge in [-0.3, -0.25) is 4.79 Å². The number of aromatic amines is 1. The van der Waals surface area contributed by atoms with Crippen LogP contribution in [0.2, 0.25) is 0 Å². The van der Waals surface area contributed by atoms with E-state index >= 15 is 0 Å². The first kappa shape index (κ1) is 22.8. The number of nitriles is 1. The van der Waals surface area contributed by atoms with Crippen molar-refractivity contribution in [2.45, 2.75) is 38.3 Å². The van der Waals surface area contributed by atoms with Crippen LogP contribution in [-0.4, -0.2) is 69.2 Å². The monoisotopic (exact) mass is 479 g/mol. The molecule has 4 atom stereocenters. The van der Waals surface area contributed by atoms with Gasteiger partial charge in [0.1, 0.15) is 15.5 Å². The van der Waals surface area contributed by atoms with Gasteiger partial charge in [0, 0.05) is 55.9 Å². The predicted molar refractivity (Wildman–Crippen MR) is 132 cm³/mol. The van der Waals surface area contributed by atoms with Crippen LogP contribution in [0.5, 0.6) is 0 Å². The zero-order valence-electron chi connectivity index (χ0n) is 19.1. The van der Waals surface area contributed by atoms with Crippen molar-refractivity contribution >= 4 is 34.0 Å². The highest BCUT2D eigenvalue weighted by atomic mass is 32.1. The van der Waals surface area contributed by atoms with Crippen LogP contribution in [0.25, 0.3) is 21.6 Å². The number of hydrogen-bond donors (Lipinski definition) is 4. The molecule has 1 saturated heterocycles. The molecule has 2 unspecified atom stereocenters. The number of rotatable bonds is 8. The smallest absolute Gasteiger partial charge is 0.263 e. The second kappa shape index (κ2) is 9.70. The van der Waals surface area contributed by atoms with Gasteiger partial charge in [0.2, 0.25) is 0 Å². The van der Waals surface area contributed by atoms with Gasteiger partial charge in [-0.25, -0.2) is 9.97 Å². The number of anilines is 1. The number of carbonyl (C=O) groups excluding carboxylic acids is 1. The number of fused-ring (bicyclic) bond motifs is 2. The summed E-state index contributed by atoms with van der Waals surface area (Å²) in [5.74, 6) is 1.08. The summed E-state index contributed by atoms with van der Waals surface area (Å²) in [5, 5.41) is 26.4. The number of hydrogen-bond acceptors (Lipinski definition) is 8. The van der Waals surface area contributed by atoms with Crippen molar-refractivity contribution in [1.82, 2.24) is 25.2 Å². The minimum atomic E-state index is -0.314. The molecule has 5 rings (SSSR count). The van der Waals surface area contributed by atoms with Gasteiger partial charge in [0.15, 0.2) is 0 Å². The largest absolute Gasteiger partial charge is 0.394 e. The Kier molecular flexibility index (Phi) is 6.50. The van der Waals surface area contributed by atoms with Crippen LogP contribution in [0.3, 0.4) is 0 Å². The van der Waals surface area contributed by atoms with Crippen molar-refractivity contribution in [3.63, 3.8) is 0 Å². The number of thiazole rings is 1. The topological polar surface area (TPSA) is 130 Å². The fraction of sp³-hybridized carbons (Fsp3) is 0.500. The Labute approximate surface area is 202 Å². The fourth-order valence-electron chi connectivity index (χ4n) is 5.28. The van der Waals surface area contributed by atoms with E-state index in [1.54, 1.807) is 13.1 Å². The summed E-state index contributed by atoms with van der Waals surface area (Å²) in [4.78, 5) is 27.7. The molecule has 3 aromatic rings. The number of aliphatic hydroxyl groups excluding tert-OH is 1. The second-order valence-electron chi connectivity index (χ2n) is 9.37. The summed E-state index contributed by atoms with van der Waals surface area (Å²) in [5.41, 5.74) is 2.71. The summed E-state index contributed by atoms with van der Waals surface area (Å²) in [6, 6.07) is 4.33. The van der Waals surface area contributed by atoms with Gasteiger partial charge in [-0.2, -0.15) is 5.26 Å². The van der Waals surface area contributed by atoms with Crippen LogP contribution in [0.4, 0.5) is 5.69 Å². The van der Waals surface area contributed by atoms with Gasteiger partial charge in [-0.05, 0) is 37.7 Å². The van der Waals surface area contributed by atoms with Gasteiger partial charge in [0.05, 0.1) is 30.1 Å². The van der Waals surface area contributed by atoms with E-state index in [0.717, 1.165) is 59.8 Å². The number of likely N-dealkylation sites (tertiary alicyclic amines) is 1. The Morgan fingerprint density at radius 3 is 2.88 bits per heavy atom. The third-order valence-electron chi connectivity index (χ3n) is 6.91. The van der Waals surface area contributed by atoms with E-state index in [1.807, 2.05) is 18.5 Å². The maximum absolute atomic E-state index is 12.5. The first-order chi connectivity index (χ1) is 16.6. The maximum Gasteiger partial charge on any atom is 0.263 e. The Hall–Kier alpha value is -3.00. The van der Waals surface area contributed by atoms with Crippen molar-refractivity contribution in [1.29, 1.82) is 5.26 Å². The lowest BCUT2D eigenvalue weighted by Gasteiger charge is -2.21. The van der Waals surface area contributed by atoms with Crippen molar-refractivity contribution in [2.24, 2.45) is 11.8 Å². The van der Waals surface area contributed by atoms with Crippen molar-refractivity contribution in [2.75, 3.05) is 31.6 Å². The molecule has 1 saturated carbocycles. The van der Waals surface area contributed by atoms with E-state index in [-0.39, 0.29) is 18.6 Å². The molecule has 1 aliphatic carbocycles. The van der Waals surface area contributed by atoms with E-state index in [4.69, 9.17) is 5.26 Å². The number of carbonyl (C=O) groups is 1. The van der Waals surface area contributed by atoms with Crippen LogP contribution in [-0.2, 0) is 0 Å². The highest BCUT2D eigenvalue weighted by molar-refractivity contribution is 7.17. The summed E-state index contributed by atoms with van der Waals surface area (Å²) in [6.45, 7) is 4.66. The number of nitrogens with one attached hydrogen (secondary N) is 3. The summed E-state index contributed by atoms with van der Waals surface area (Å²) < 4.78 is 0. The molecule has 0 bridgehead atoms. The Bertz CT molecular complexity index is 1200. The van der Waals surface area contributed by atoms with Crippen LogP contribution in [0.1, 0.15) is 35.9 Å². The third-order valence-corrected chi connectivity index (χ3v) is 7.94. The zero-order valence-corrected chi connectivity index (χ0v) is 19.9. The summed E-state index contributed by atoms with van der Waals surface area (Å²) in [6.07, 6.45) is 8.09. The van der Waals surface area contributed by atoms with E-state index < -0.39 is 0 Å². The molecule has 9 nitrogen and oxygen atoms in total. The van der Waals surface area contributed by atoms with Crippen LogP contribution in [0.15, 0.2) is 24.7 Å². The van der Waals surface area contributed by atoms with Crippen LogP contribution >= 0.6 is 11.3 Å². The molecule has 4 N–H and O–H groups in total. The number of H-pyrrole nitrogens is 1. The SMILES string of the molecule is CC(CO)NC(=O)c1cnc(-c2cnc3[nH]ccc3c2NC2C[C@@H]3CN(CCC#N)C[C@@H]3C2)s1. The average molecular weight is 480 g/mol. The molecule has 4 heterocycles. The fourth-order valence-corrected chi connectivity index (χ4v) is 6.11. The molecule has 10 heteroatoms. The molecule has 0 radical (unpaired) electrons. The third kappa shape index (κ3) is 4.51. The molecule has 0 aromatic carbocycles. The van der Waals surface area contributed by atoms with Gasteiger partial charge >= 0.3 is 0 Å². The molecule has 2 fully saturated rings. The van der Waals surface area contributed by atoms with E-state index in [1.165, 1.54) is 11.3 Å². The quantitative estimate of drug-likeness (QED) is 0.391. The minimum Gasteiger partial charge on any atom is -0.394 e. The summed E-state index contributed by atoms with van der Waals surface area (Å²) >= 11 is 1.33. The number of aliphatic hydroxyl groups is 1. The lowest BCUT2D eigenvalue weighted by Crippen LogP contribution is -2.34. The molecule has 2 aliphatic rings. The van der Waals surface area contributed by atoms with Crippen molar-refractivity contribution in [3.8, 4) is 16.6 Å². The Balaban J connectivity index is 1.36. The molecule has 178 valence electrons. The molecular weight excluding hydrogens is 450 g/mol. The number of amides is 1. The van der Waals surface area contributed by atoms with Gasteiger partial charge in [-0.15, -0.1) is 11.3 Å². The zero-order chi connectivity index (χ0) is 23.7. The molecule has 3 aromatic heterocycles. The lowest BCUT2D eigenvalue weighted by molar-refractivity contribution is 0.0926. The molecule has 1 amide bonds. The standard InChI is InChI=1S/C24H29N7O2S/c1-14(13-32)29-23(33)20-10-28-24(34-20)19-9-27-22-18(3-5-26-22)21(19)30-17-7-15-11-31(6-2-4-25)12-16(15)8-17/h3,5,9-10,14-17,32H,2,6-8,11-13H2,1H3,(H,29,33)(H2,26,27,30)/t14?,15-,16+,17?. The predicted octanol–water partition coefficient (Wildman–Crippen LogP) is 2.83. The van der Waals surface area contributed by atoms with Crippen LogP contribution < -0.4 is 10.6 Å². The maximum atomic E-state index is 12.5. The average Bonchev–Trinajstić information content (AvgIpc) is 3.60. The Morgan fingerprint density at radius 1 is 1.35 bits per heavy atom. The van der Waals surface area contributed by atoms with E-state index in [9.17, 15) is 9.90 Å². The number of aromatic nitrogens is 3. The van der Waals surface area contributed by atoms with Crippen molar-refractivity contribution < 1.29 is 9.90 Å². The number of nitrogens with zero attached hydrogens (tertiary/aromatic N) is 4. The molecule has 1 aliphatic heterocycles.